The highest BCUT2D eigenvalue weighted by molar-refractivity contribution is 6.23. The van der Waals surface area contributed by atoms with E-state index < -0.39 is 46.8 Å². The molecule has 9 nitrogen and oxygen atoms in total. The lowest BCUT2D eigenvalue weighted by Crippen LogP contribution is -2.53. The van der Waals surface area contributed by atoms with Crippen molar-refractivity contribution >= 4 is 51.6 Å². The molecule has 9 heteroatoms. The van der Waals surface area contributed by atoms with Crippen LogP contribution in [0.1, 0.15) is 51.4 Å². The van der Waals surface area contributed by atoms with Crippen LogP contribution in [0.3, 0.4) is 0 Å². The molecule has 0 bridgehead atoms. The molecule has 59 heavy (non-hydrogen) atoms. The molecule has 2 N–H and O–H groups in total. The molecule has 2 aliphatic carbocycles. The van der Waals surface area contributed by atoms with Gasteiger partial charge in [0.15, 0.2) is 5.78 Å². The first-order valence-corrected chi connectivity index (χ1v) is 19.9. The van der Waals surface area contributed by atoms with Crippen LogP contribution in [-0.2, 0) is 24.6 Å². The third kappa shape index (κ3) is 5.41. The number of amides is 4. The van der Waals surface area contributed by atoms with Gasteiger partial charge >= 0.3 is 0 Å². The summed E-state index contributed by atoms with van der Waals surface area (Å²) in [6, 6.07) is 43.2. The topological polar surface area (TPSA) is 124 Å². The number of hydrogen-bond acceptors (Lipinski definition) is 7. The van der Waals surface area contributed by atoms with Gasteiger partial charge in [0.05, 0.1) is 34.5 Å². The van der Waals surface area contributed by atoms with Crippen LogP contribution in [0, 0.1) is 30.6 Å². The molecule has 4 aliphatic rings. The van der Waals surface area contributed by atoms with Crippen molar-refractivity contribution in [3.8, 4) is 5.75 Å². The molecule has 6 aromatic rings. The molecular formula is C50H39N3O6. The Morgan fingerprint density at radius 2 is 1.32 bits per heavy atom. The number of allylic oxidation sites excluding steroid dienone is 2. The first kappa shape index (κ1) is 36.2. The van der Waals surface area contributed by atoms with Gasteiger partial charge in [-0.15, -0.1) is 0 Å². The van der Waals surface area contributed by atoms with Gasteiger partial charge in [-0.25, -0.2) is 0 Å². The maximum Gasteiger partial charge on any atom is 0.260 e. The molecule has 2 heterocycles. The number of phenolic OH excluding ortho intramolecular Hbond substituents is 1. The van der Waals surface area contributed by atoms with Crippen LogP contribution in [0.15, 0.2) is 157 Å². The minimum atomic E-state index is -1.45. The molecule has 0 spiro atoms. The van der Waals surface area contributed by atoms with Crippen LogP contribution in [0.4, 0.5) is 11.4 Å². The van der Waals surface area contributed by atoms with Crippen molar-refractivity contribution in [3.05, 3.63) is 185 Å². The van der Waals surface area contributed by atoms with Gasteiger partial charge < -0.3 is 5.11 Å². The number of phenols is 1. The van der Waals surface area contributed by atoms with Crippen molar-refractivity contribution in [1.82, 2.24) is 5.01 Å². The molecule has 0 aromatic heterocycles. The Hall–Kier alpha value is -7.13. The molecule has 0 radical (unpaired) electrons. The van der Waals surface area contributed by atoms with Gasteiger partial charge in [-0.05, 0) is 84.7 Å². The fourth-order valence-corrected chi connectivity index (χ4v) is 10.4. The van der Waals surface area contributed by atoms with Gasteiger partial charge in [-0.3, -0.25) is 34.3 Å². The monoisotopic (exact) mass is 777 g/mol. The maximum atomic E-state index is 15.6. The average molecular weight is 778 g/mol. The van der Waals surface area contributed by atoms with Gasteiger partial charge in [0.25, 0.3) is 11.8 Å². The fraction of sp³-hybridized carbons (Fsp3) is 0.180. The Bertz CT molecular complexity index is 2750. The predicted octanol–water partition coefficient (Wildman–Crippen LogP) is 8.27. The number of nitrogens with zero attached hydrogens (tertiary/aromatic N) is 2. The minimum absolute atomic E-state index is 0.0832. The van der Waals surface area contributed by atoms with E-state index in [0.717, 1.165) is 27.1 Å². The van der Waals surface area contributed by atoms with Crippen LogP contribution in [0.2, 0.25) is 0 Å². The van der Waals surface area contributed by atoms with Crippen LogP contribution in [-0.4, -0.2) is 39.5 Å². The Kier molecular flexibility index (Phi) is 8.45. The molecule has 2 aliphatic heterocycles. The lowest BCUT2D eigenvalue weighted by Gasteiger charge is -2.51. The number of hydrogen-bond donors (Lipinski definition) is 2. The number of carbonyl (C=O) groups is 5. The lowest BCUT2D eigenvalue weighted by atomic mass is 9.49. The molecule has 3 fully saturated rings. The van der Waals surface area contributed by atoms with Gasteiger partial charge in [0.1, 0.15) is 5.75 Å². The van der Waals surface area contributed by atoms with E-state index in [4.69, 9.17) is 0 Å². The second-order valence-electron chi connectivity index (χ2n) is 16.1. The number of aryl methyl sites for hydroxylation is 1. The van der Waals surface area contributed by atoms with Crippen molar-refractivity contribution in [2.45, 2.75) is 31.1 Å². The predicted molar refractivity (Wildman–Crippen MR) is 223 cm³/mol. The molecule has 6 aromatic carbocycles. The highest BCUT2D eigenvalue weighted by Gasteiger charge is 2.70. The van der Waals surface area contributed by atoms with E-state index in [1.54, 1.807) is 54.6 Å². The number of benzene rings is 6. The van der Waals surface area contributed by atoms with Gasteiger partial charge in [0.2, 0.25) is 11.8 Å². The summed E-state index contributed by atoms with van der Waals surface area (Å²) in [6.07, 6.45) is 2.45. The number of carbonyl (C=O) groups excluding carboxylic acids is 5. The van der Waals surface area contributed by atoms with E-state index >= 15 is 9.59 Å². The van der Waals surface area contributed by atoms with Crippen molar-refractivity contribution in [2.24, 2.45) is 23.7 Å². The summed E-state index contributed by atoms with van der Waals surface area (Å²) in [5.74, 6) is -5.33. The highest BCUT2D eigenvalue weighted by Crippen LogP contribution is 2.65. The highest BCUT2D eigenvalue weighted by atomic mass is 16.3. The SMILES string of the molecule is Cc1ccc(NN2C(=O)[C@@H]3C[C@@H]4C(=CC[C@@H]5C(=O)N(c6ccc(C(=O)c7ccccc7)cc6)C(=O)[C@@H]54)[C@H](c4ccc(O)c5ccccc45)[C@]3(c3ccccc3)C2=O)cc1. The number of ketones is 1. The van der Waals surface area contributed by atoms with Gasteiger partial charge in [-0.1, -0.05) is 120 Å². The third-order valence-corrected chi connectivity index (χ3v) is 13.1. The molecule has 0 unspecified atom stereocenters. The summed E-state index contributed by atoms with van der Waals surface area (Å²) >= 11 is 0. The number of hydrazine groups is 1. The first-order chi connectivity index (χ1) is 28.7. The zero-order valence-electron chi connectivity index (χ0n) is 32.1. The Labute approximate surface area is 340 Å². The molecule has 6 atom stereocenters. The number of fused-ring (bicyclic) bond motifs is 5. The second-order valence-corrected chi connectivity index (χ2v) is 16.1. The molecule has 4 amide bonds. The summed E-state index contributed by atoms with van der Waals surface area (Å²) in [5, 5.41) is 13.6. The Balaban J connectivity index is 1.11. The summed E-state index contributed by atoms with van der Waals surface area (Å²) < 4.78 is 0. The molecule has 2 saturated heterocycles. The van der Waals surface area contributed by atoms with Crippen LogP contribution >= 0.6 is 0 Å². The van der Waals surface area contributed by atoms with Crippen molar-refractivity contribution < 1.29 is 29.1 Å². The third-order valence-electron chi connectivity index (χ3n) is 13.1. The zero-order valence-corrected chi connectivity index (χ0v) is 32.1. The standard InChI is InChI=1S/C50H39N3O6/c1-29-16-20-33(21-17-29)51-53-47(57)41-28-40-38(44(50(41,49(53)59)32-12-6-3-7-13-32)37-26-27-42(54)36-15-9-8-14-35(36)37)24-25-39-43(40)48(58)52(46(39)56)34-22-18-31(19-23-34)45(55)30-10-4-2-5-11-30/h2-24,26-27,39-41,43-44,51,54H,25,28H2,1H3/t39-,40+,41-,43-,44-,50+/m0/s1. The quantitative estimate of drug-likeness (QED) is 0.0951. The largest absolute Gasteiger partial charge is 0.507 e. The maximum absolute atomic E-state index is 15.6. The smallest absolute Gasteiger partial charge is 0.260 e. The van der Waals surface area contributed by atoms with Crippen molar-refractivity contribution in [2.75, 3.05) is 10.3 Å². The second kappa shape index (κ2) is 13.8. The molecule has 10 rings (SSSR count). The van der Waals surface area contributed by atoms with Crippen LogP contribution < -0.4 is 10.3 Å². The molecular weight excluding hydrogens is 739 g/mol. The van der Waals surface area contributed by atoms with E-state index in [1.807, 2.05) is 104 Å². The summed E-state index contributed by atoms with van der Waals surface area (Å²) in [5.41, 5.74) is 6.88. The van der Waals surface area contributed by atoms with E-state index in [-0.39, 0.29) is 36.2 Å². The van der Waals surface area contributed by atoms with Crippen LogP contribution in [0.5, 0.6) is 5.75 Å². The Morgan fingerprint density at radius 3 is 2.03 bits per heavy atom. The van der Waals surface area contributed by atoms with Gasteiger partial charge in [-0.2, -0.15) is 5.01 Å². The summed E-state index contributed by atoms with van der Waals surface area (Å²) in [7, 11) is 0. The van der Waals surface area contributed by atoms with Gasteiger partial charge in [0, 0.05) is 22.4 Å². The lowest BCUT2D eigenvalue weighted by molar-refractivity contribution is -0.138. The number of nitrogens with one attached hydrogen (secondary N) is 1. The number of imide groups is 2. The molecule has 1 saturated carbocycles. The molecule has 290 valence electrons. The minimum Gasteiger partial charge on any atom is -0.507 e. The van der Waals surface area contributed by atoms with E-state index in [0.29, 0.717) is 33.5 Å². The Morgan fingerprint density at radius 1 is 0.678 bits per heavy atom. The fourth-order valence-electron chi connectivity index (χ4n) is 10.4. The van der Waals surface area contributed by atoms with E-state index in [9.17, 15) is 19.5 Å². The van der Waals surface area contributed by atoms with Crippen molar-refractivity contribution in [3.63, 3.8) is 0 Å². The summed E-state index contributed by atoms with van der Waals surface area (Å²) in [6.45, 7) is 1.96. The number of aromatic hydroxyl groups is 1. The summed E-state index contributed by atoms with van der Waals surface area (Å²) in [4.78, 5) is 74.3. The van der Waals surface area contributed by atoms with E-state index in [1.165, 1.54) is 4.90 Å². The number of rotatable bonds is 7. The zero-order chi connectivity index (χ0) is 40.6. The van der Waals surface area contributed by atoms with Crippen molar-refractivity contribution in [1.29, 1.82) is 0 Å². The van der Waals surface area contributed by atoms with E-state index in [2.05, 4.69) is 5.43 Å². The first-order valence-electron chi connectivity index (χ1n) is 19.9. The van der Waals surface area contributed by atoms with Crippen LogP contribution in [0.25, 0.3) is 10.8 Å². The number of anilines is 2. The average Bonchev–Trinajstić information content (AvgIpc) is 3.65. The normalized spacial score (nSPS) is 24.8.